The normalized spacial score (nSPS) is 10.4. The highest BCUT2D eigenvalue weighted by atomic mass is 16.3. The maximum absolute atomic E-state index is 11.1. The summed E-state index contributed by atoms with van der Waals surface area (Å²) in [6.45, 7) is 1.70. The molecular weight excluding hydrogens is 250 g/mol. The van der Waals surface area contributed by atoms with Gasteiger partial charge in [-0.2, -0.15) is 0 Å². The summed E-state index contributed by atoms with van der Waals surface area (Å²) >= 11 is 0. The molecule has 104 valence electrons. The first-order chi connectivity index (χ1) is 9.72. The van der Waals surface area contributed by atoms with Crippen molar-refractivity contribution in [1.82, 2.24) is 4.98 Å². The predicted molar refractivity (Wildman–Crippen MR) is 79.1 cm³/mol. The molecule has 0 radical (unpaired) electrons. The number of hydrogen-bond acceptors (Lipinski definition) is 3. The van der Waals surface area contributed by atoms with Gasteiger partial charge in [-0.25, -0.2) is 0 Å². The van der Waals surface area contributed by atoms with Gasteiger partial charge in [-0.3, -0.25) is 9.78 Å². The van der Waals surface area contributed by atoms with E-state index in [0.717, 1.165) is 37.5 Å². The van der Waals surface area contributed by atoms with Gasteiger partial charge in [0, 0.05) is 6.20 Å². The van der Waals surface area contributed by atoms with Crippen molar-refractivity contribution >= 4 is 6.29 Å². The Morgan fingerprint density at radius 2 is 1.85 bits per heavy atom. The third kappa shape index (κ3) is 3.44. The number of carbonyl (C=O) groups excluding carboxylic acids is 1. The molecule has 0 bridgehead atoms. The van der Waals surface area contributed by atoms with Crippen molar-refractivity contribution < 1.29 is 9.90 Å². The van der Waals surface area contributed by atoms with E-state index in [1.54, 1.807) is 13.1 Å². The molecule has 0 saturated heterocycles. The highest BCUT2D eigenvalue weighted by Crippen LogP contribution is 2.23. The number of aldehydes is 1. The summed E-state index contributed by atoms with van der Waals surface area (Å²) in [6.07, 6.45) is 6.24. The molecular formula is C17H19NO2. The van der Waals surface area contributed by atoms with Crippen LogP contribution in [0.1, 0.15) is 40.0 Å². The fourth-order valence-electron chi connectivity index (χ4n) is 2.27. The van der Waals surface area contributed by atoms with Gasteiger partial charge in [0.15, 0.2) is 6.29 Å². The Bertz CT molecular complexity index is 579. The van der Waals surface area contributed by atoms with E-state index in [0.29, 0.717) is 11.3 Å². The number of aromatic nitrogens is 1. The van der Waals surface area contributed by atoms with E-state index in [9.17, 15) is 9.90 Å². The number of hydrogen-bond donors (Lipinski definition) is 1. The monoisotopic (exact) mass is 269 g/mol. The van der Waals surface area contributed by atoms with E-state index in [2.05, 4.69) is 17.1 Å². The first-order valence-electron chi connectivity index (χ1n) is 6.89. The molecule has 0 atom stereocenters. The molecule has 0 unspecified atom stereocenters. The van der Waals surface area contributed by atoms with Gasteiger partial charge < -0.3 is 5.11 Å². The molecule has 1 aromatic carbocycles. The molecule has 3 nitrogen and oxygen atoms in total. The number of nitrogens with zero attached hydrogens (tertiary/aromatic N) is 1. The second-order valence-electron chi connectivity index (χ2n) is 4.94. The summed E-state index contributed by atoms with van der Waals surface area (Å²) in [4.78, 5) is 15.2. The molecule has 0 saturated carbocycles. The lowest BCUT2D eigenvalue weighted by Crippen LogP contribution is -1.98. The van der Waals surface area contributed by atoms with Crippen LogP contribution in [0.5, 0.6) is 5.75 Å². The largest absolute Gasteiger partial charge is 0.505 e. The minimum absolute atomic E-state index is 0.0144. The summed E-state index contributed by atoms with van der Waals surface area (Å²) in [5.41, 5.74) is 3.04. The van der Waals surface area contributed by atoms with Crippen LogP contribution >= 0.6 is 0 Å². The maximum atomic E-state index is 11.1. The highest BCUT2D eigenvalue weighted by Gasteiger charge is 2.10. The van der Waals surface area contributed by atoms with Crippen molar-refractivity contribution in [3.8, 4) is 5.75 Å². The standard InChI is InChI=1S/C17H19NO2/c1-13-17(20)16(12-19)15(11-18-13)10-6-5-9-14-7-3-2-4-8-14/h2-4,7-8,11-12,20H,5-6,9-10H2,1H3. The second-order valence-corrected chi connectivity index (χ2v) is 4.94. The molecule has 3 heteroatoms. The Balaban J connectivity index is 1.91. The summed E-state index contributed by atoms with van der Waals surface area (Å²) in [5.74, 6) is 0.0144. The smallest absolute Gasteiger partial charge is 0.154 e. The molecule has 1 heterocycles. The molecule has 2 rings (SSSR count). The topological polar surface area (TPSA) is 50.2 Å². The van der Waals surface area contributed by atoms with Gasteiger partial charge in [0.05, 0.1) is 11.3 Å². The summed E-state index contributed by atoms with van der Waals surface area (Å²) in [5, 5.41) is 9.82. The Morgan fingerprint density at radius 1 is 1.15 bits per heavy atom. The Hall–Kier alpha value is -2.16. The highest BCUT2D eigenvalue weighted by molar-refractivity contribution is 5.81. The second kappa shape index (κ2) is 6.85. The SMILES string of the molecule is Cc1ncc(CCCCc2ccccc2)c(C=O)c1O. The quantitative estimate of drug-likeness (QED) is 0.645. The molecule has 20 heavy (non-hydrogen) atoms. The number of rotatable bonds is 6. The Kier molecular flexibility index (Phi) is 4.88. The average molecular weight is 269 g/mol. The van der Waals surface area contributed by atoms with E-state index in [-0.39, 0.29) is 5.75 Å². The van der Waals surface area contributed by atoms with Gasteiger partial charge >= 0.3 is 0 Å². The minimum Gasteiger partial charge on any atom is -0.505 e. The third-order valence-electron chi connectivity index (χ3n) is 3.48. The molecule has 0 amide bonds. The molecule has 1 aromatic heterocycles. The van der Waals surface area contributed by atoms with E-state index in [4.69, 9.17) is 0 Å². The molecule has 0 aliphatic carbocycles. The van der Waals surface area contributed by atoms with Crippen molar-refractivity contribution in [1.29, 1.82) is 0 Å². The molecule has 0 spiro atoms. The lowest BCUT2D eigenvalue weighted by atomic mass is 10.0. The van der Waals surface area contributed by atoms with Crippen LogP contribution in [0.2, 0.25) is 0 Å². The third-order valence-corrected chi connectivity index (χ3v) is 3.48. The van der Waals surface area contributed by atoms with Crippen molar-refractivity contribution in [2.24, 2.45) is 0 Å². The Morgan fingerprint density at radius 3 is 2.55 bits per heavy atom. The summed E-state index contributed by atoms with van der Waals surface area (Å²) in [6, 6.07) is 10.3. The number of carbonyl (C=O) groups is 1. The zero-order chi connectivity index (χ0) is 14.4. The van der Waals surface area contributed by atoms with E-state index >= 15 is 0 Å². The first kappa shape index (κ1) is 14.3. The van der Waals surface area contributed by atoms with Crippen LogP contribution in [0.15, 0.2) is 36.5 Å². The van der Waals surface area contributed by atoms with Crippen molar-refractivity contribution in [2.75, 3.05) is 0 Å². The molecule has 2 aromatic rings. The summed E-state index contributed by atoms with van der Waals surface area (Å²) < 4.78 is 0. The van der Waals surface area contributed by atoms with Crippen molar-refractivity contribution in [2.45, 2.75) is 32.6 Å². The van der Waals surface area contributed by atoms with Crippen LogP contribution < -0.4 is 0 Å². The number of aromatic hydroxyl groups is 1. The molecule has 0 aliphatic rings. The van der Waals surface area contributed by atoms with Gasteiger partial charge in [-0.1, -0.05) is 30.3 Å². The fourth-order valence-corrected chi connectivity index (χ4v) is 2.27. The number of unbranched alkanes of at least 4 members (excludes halogenated alkanes) is 1. The van der Waals surface area contributed by atoms with Crippen LogP contribution in [-0.2, 0) is 12.8 Å². The minimum atomic E-state index is 0.0144. The first-order valence-corrected chi connectivity index (χ1v) is 6.89. The number of pyridine rings is 1. The molecule has 0 aliphatic heterocycles. The molecule has 1 N–H and O–H groups in total. The van der Waals surface area contributed by atoms with Crippen LogP contribution in [0, 0.1) is 6.92 Å². The van der Waals surface area contributed by atoms with Crippen LogP contribution in [0.25, 0.3) is 0 Å². The van der Waals surface area contributed by atoms with E-state index < -0.39 is 0 Å². The Labute approximate surface area is 119 Å². The maximum Gasteiger partial charge on any atom is 0.154 e. The van der Waals surface area contributed by atoms with Gasteiger partial charge in [0.1, 0.15) is 5.75 Å². The van der Waals surface area contributed by atoms with Crippen molar-refractivity contribution in [3.63, 3.8) is 0 Å². The van der Waals surface area contributed by atoms with Crippen LogP contribution in [0.4, 0.5) is 0 Å². The zero-order valence-corrected chi connectivity index (χ0v) is 11.7. The van der Waals surface area contributed by atoms with Gasteiger partial charge in [0.25, 0.3) is 0 Å². The van der Waals surface area contributed by atoms with Gasteiger partial charge in [0.2, 0.25) is 0 Å². The predicted octanol–water partition coefficient (Wildman–Crippen LogP) is 3.47. The average Bonchev–Trinajstić information content (AvgIpc) is 2.48. The lowest BCUT2D eigenvalue weighted by Gasteiger charge is -2.08. The molecule has 0 fully saturated rings. The van der Waals surface area contributed by atoms with Crippen LogP contribution in [0.3, 0.4) is 0 Å². The number of aryl methyl sites for hydroxylation is 3. The zero-order valence-electron chi connectivity index (χ0n) is 11.7. The number of benzene rings is 1. The van der Waals surface area contributed by atoms with E-state index in [1.807, 2.05) is 18.2 Å². The summed E-state index contributed by atoms with van der Waals surface area (Å²) in [7, 11) is 0. The fraction of sp³-hybridized carbons (Fsp3) is 0.294. The van der Waals surface area contributed by atoms with Crippen LogP contribution in [-0.4, -0.2) is 16.4 Å². The van der Waals surface area contributed by atoms with Gasteiger partial charge in [-0.05, 0) is 43.7 Å². The van der Waals surface area contributed by atoms with E-state index in [1.165, 1.54) is 5.56 Å². The van der Waals surface area contributed by atoms with Gasteiger partial charge in [-0.15, -0.1) is 0 Å². The van der Waals surface area contributed by atoms with Crippen molar-refractivity contribution in [3.05, 3.63) is 58.9 Å². The lowest BCUT2D eigenvalue weighted by molar-refractivity contribution is 0.111.